The van der Waals surface area contributed by atoms with Gasteiger partial charge in [0.15, 0.2) is 0 Å². The molecule has 8 heteroatoms. The van der Waals surface area contributed by atoms with Gasteiger partial charge in [0.2, 0.25) is 5.91 Å². The van der Waals surface area contributed by atoms with Crippen LogP contribution in [-0.2, 0) is 16.8 Å². The molecule has 1 amide bonds. The molecule has 0 radical (unpaired) electrons. The molecule has 0 aliphatic heterocycles. The summed E-state index contributed by atoms with van der Waals surface area (Å²) in [6.07, 6.45) is 1.42. The van der Waals surface area contributed by atoms with E-state index in [0.717, 1.165) is 0 Å². The van der Waals surface area contributed by atoms with Crippen molar-refractivity contribution in [1.29, 1.82) is 5.26 Å². The lowest BCUT2D eigenvalue weighted by atomic mass is 9.85. The monoisotopic (exact) mass is 416 g/mol. The number of fused-ring (bicyclic) bond motifs is 1. The van der Waals surface area contributed by atoms with Gasteiger partial charge in [0.1, 0.15) is 23.2 Å². The first-order valence-corrected chi connectivity index (χ1v) is 9.31. The van der Waals surface area contributed by atoms with Gasteiger partial charge in [-0.25, -0.2) is 13.8 Å². The van der Waals surface area contributed by atoms with Crippen molar-refractivity contribution < 1.29 is 13.6 Å². The van der Waals surface area contributed by atoms with E-state index in [9.17, 15) is 18.8 Å². The number of aromatic nitrogens is 2. The van der Waals surface area contributed by atoms with Gasteiger partial charge in [-0.15, -0.1) is 0 Å². The Hall–Kier alpha value is -2.98. The van der Waals surface area contributed by atoms with Gasteiger partial charge in [0.05, 0.1) is 34.9 Å². The van der Waals surface area contributed by atoms with Crippen molar-refractivity contribution in [1.82, 2.24) is 14.9 Å². The van der Waals surface area contributed by atoms with E-state index in [-0.39, 0.29) is 17.5 Å². The topological polar surface area (TPSA) is 70.7 Å². The van der Waals surface area contributed by atoms with Crippen molar-refractivity contribution in [2.45, 2.75) is 38.8 Å². The number of rotatable bonds is 5. The molecule has 0 saturated heterocycles. The molecule has 3 aromatic rings. The second-order valence-corrected chi connectivity index (χ2v) is 7.74. The fourth-order valence-electron chi connectivity index (χ4n) is 3.11. The summed E-state index contributed by atoms with van der Waals surface area (Å²) in [6, 6.07) is 8.86. The number of halogens is 3. The van der Waals surface area contributed by atoms with Gasteiger partial charge in [0, 0.05) is 5.56 Å². The lowest BCUT2D eigenvalue weighted by Crippen LogP contribution is -2.30. The first-order valence-electron chi connectivity index (χ1n) is 8.93. The highest BCUT2D eigenvalue weighted by Gasteiger charge is 2.24. The Bertz CT molecular complexity index is 1130. The lowest BCUT2D eigenvalue weighted by molar-refractivity contribution is -0.122. The van der Waals surface area contributed by atoms with Gasteiger partial charge >= 0.3 is 0 Å². The highest BCUT2D eigenvalue weighted by Crippen LogP contribution is 2.28. The highest BCUT2D eigenvalue weighted by molar-refractivity contribution is 6.35. The Labute approximate surface area is 171 Å². The molecule has 0 saturated carbocycles. The van der Waals surface area contributed by atoms with Crippen LogP contribution in [-0.4, -0.2) is 15.5 Å². The van der Waals surface area contributed by atoms with E-state index in [4.69, 9.17) is 11.6 Å². The van der Waals surface area contributed by atoms with Crippen LogP contribution in [0.15, 0.2) is 36.7 Å². The van der Waals surface area contributed by atoms with E-state index in [1.165, 1.54) is 29.1 Å². The number of nitrogens with one attached hydrogen (secondary N) is 1. The Morgan fingerprint density at radius 1 is 1.31 bits per heavy atom. The molecule has 1 atom stereocenters. The minimum absolute atomic E-state index is 0.0985. The maximum absolute atomic E-state index is 14.5. The molecule has 150 valence electrons. The summed E-state index contributed by atoms with van der Waals surface area (Å²) in [7, 11) is 0. The van der Waals surface area contributed by atoms with Crippen LogP contribution in [0, 0.1) is 23.0 Å². The Balaban J connectivity index is 1.76. The summed E-state index contributed by atoms with van der Waals surface area (Å²) in [5.41, 5.74) is 0.724. The first-order chi connectivity index (χ1) is 13.6. The maximum Gasteiger partial charge on any atom is 0.240 e. The summed E-state index contributed by atoms with van der Waals surface area (Å²) < 4.78 is 29.7. The van der Waals surface area contributed by atoms with E-state index in [2.05, 4.69) is 16.4 Å². The van der Waals surface area contributed by atoms with Crippen molar-refractivity contribution in [3.8, 4) is 6.07 Å². The van der Waals surface area contributed by atoms with Crippen LogP contribution in [0.5, 0.6) is 0 Å². The lowest BCUT2D eigenvalue weighted by Gasteiger charge is -2.20. The molecule has 0 fully saturated rings. The fourth-order valence-corrected chi connectivity index (χ4v) is 3.38. The van der Waals surface area contributed by atoms with Gasteiger partial charge in [-0.2, -0.15) is 5.26 Å². The molecule has 1 N–H and O–H groups in total. The van der Waals surface area contributed by atoms with Gasteiger partial charge in [-0.05, 0) is 44.5 Å². The quantitative estimate of drug-likeness (QED) is 0.658. The normalized spacial score (nSPS) is 12.6. The molecule has 29 heavy (non-hydrogen) atoms. The third-order valence-corrected chi connectivity index (χ3v) is 5.17. The van der Waals surface area contributed by atoms with Crippen LogP contribution in [0.25, 0.3) is 11.0 Å². The first kappa shape index (κ1) is 20.7. The van der Waals surface area contributed by atoms with Crippen LogP contribution in [0.3, 0.4) is 0 Å². The molecule has 0 bridgehead atoms. The molecule has 1 heterocycles. The van der Waals surface area contributed by atoms with Crippen molar-refractivity contribution in [2.75, 3.05) is 0 Å². The van der Waals surface area contributed by atoms with Crippen molar-refractivity contribution in [2.24, 2.45) is 0 Å². The van der Waals surface area contributed by atoms with Gasteiger partial charge in [-0.1, -0.05) is 23.7 Å². The van der Waals surface area contributed by atoms with E-state index in [0.29, 0.717) is 22.2 Å². The Morgan fingerprint density at radius 3 is 2.69 bits per heavy atom. The summed E-state index contributed by atoms with van der Waals surface area (Å²) in [5, 5.41) is 11.9. The molecule has 5 nitrogen and oxygen atoms in total. The van der Waals surface area contributed by atoms with E-state index in [1.54, 1.807) is 32.9 Å². The molecule has 1 aromatic heterocycles. The number of benzene rings is 2. The number of carbonyl (C=O) groups is 1. The van der Waals surface area contributed by atoms with E-state index < -0.39 is 23.1 Å². The molecule has 0 unspecified atom stereocenters. The third-order valence-electron chi connectivity index (χ3n) is 4.81. The zero-order valence-corrected chi connectivity index (χ0v) is 16.9. The number of hydrogen-bond acceptors (Lipinski definition) is 3. The number of carbonyl (C=O) groups excluding carboxylic acids is 1. The third kappa shape index (κ3) is 4.08. The van der Waals surface area contributed by atoms with Crippen LogP contribution < -0.4 is 5.32 Å². The molecule has 3 rings (SSSR count). The molecular weight excluding hydrogens is 398 g/mol. The number of hydrogen-bond donors (Lipinski definition) is 1. The number of nitrogens with zero attached hydrogens (tertiary/aromatic N) is 3. The second-order valence-electron chi connectivity index (χ2n) is 7.37. The molecule has 0 spiro atoms. The second kappa shape index (κ2) is 7.80. The summed E-state index contributed by atoms with van der Waals surface area (Å²) >= 11 is 6.01. The SMILES string of the molecule is C[C@@H](NC(=O)Cn1cnc2ccc(F)c(Cl)c21)c1ccc(C(C)(C)C#N)c(F)c1. The number of imidazole rings is 1. The predicted octanol–water partition coefficient (Wildman–Crippen LogP) is 4.65. The fraction of sp³-hybridized carbons (Fsp3) is 0.286. The molecule has 0 aliphatic rings. The molecule has 0 aliphatic carbocycles. The van der Waals surface area contributed by atoms with E-state index in [1.807, 2.05) is 0 Å². The highest BCUT2D eigenvalue weighted by atomic mass is 35.5. The smallest absolute Gasteiger partial charge is 0.240 e. The molecular formula is C21H19ClF2N4O. The zero-order valence-electron chi connectivity index (χ0n) is 16.1. The average molecular weight is 417 g/mol. The largest absolute Gasteiger partial charge is 0.348 e. The average Bonchev–Trinajstić information content (AvgIpc) is 3.07. The van der Waals surface area contributed by atoms with Gasteiger partial charge in [0.25, 0.3) is 0 Å². The zero-order chi connectivity index (χ0) is 21.3. The van der Waals surface area contributed by atoms with Gasteiger partial charge < -0.3 is 9.88 Å². The summed E-state index contributed by atoms with van der Waals surface area (Å²) in [5.74, 6) is -1.46. The van der Waals surface area contributed by atoms with E-state index >= 15 is 0 Å². The Morgan fingerprint density at radius 2 is 2.03 bits per heavy atom. The maximum atomic E-state index is 14.5. The van der Waals surface area contributed by atoms with Crippen molar-refractivity contribution in [3.05, 3.63) is 64.4 Å². The number of nitriles is 1. The van der Waals surface area contributed by atoms with Crippen LogP contribution >= 0.6 is 11.6 Å². The standard InChI is InChI=1S/C21H19ClF2N4O/c1-12(13-4-5-14(16(24)8-13)21(2,3)10-25)27-18(29)9-28-11-26-17-7-6-15(23)19(22)20(17)28/h4-8,11-12H,9H2,1-3H3,(H,27,29)/t12-/m1/s1. The Kier molecular flexibility index (Phi) is 5.58. The summed E-state index contributed by atoms with van der Waals surface area (Å²) in [4.78, 5) is 16.6. The molecule has 2 aromatic carbocycles. The minimum Gasteiger partial charge on any atom is -0.348 e. The van der Waals surface area contributed by atoms with Crippen LogP contribution in [0.1, 0.15) is 37.9 Å². The number of amides is 1. The van der Waals surface area contributed by atoms with Crippen molar-refractivity contribution in [3.63, 3.8) is 0 Å². The van der Waals surface area contributed by atoms with Crippen molar-refractivity contribution >= 4 is 28.5 Å². The van der Waals surface area contributed by atoms with Crippen LogP contribution in [0.2, 0.25) is 5.02 Å². The minimum atomic E-state index is -0.952. The van der Waals surface area contributed by atoms with Gasteiger partial charge in [-0.3, -0.25) is 4.79 Å². The predicted molar refractivity (Wildman–Crippen MR) is 106 cm³/mol. The van der Waals surface area contributed by atoms with Crippen LogP contribution in [0.4, 0.5) is 8.78 Å². The summed E-state index contributed by atoms with van der Waals surface area (Å²) in [6.45, 7) is 4.88.